The van der Waals surface area contributed by atoms with Crippen LogP contribution in [0.4, 0.5) is 11.4 Å². The minimum absolute atomic E-state index is 0.105. The van der Waals surface area contributed by atoms with E-state index in [1.165, 1.54) is 28.6 Å². The van der Waals surface area contributed by atoms with Gasteiger partial charge in [0.05, 0.1) is 17.2 Å². The Morgan fingerprint density at radius 3 is 2.64 bits per heavy atom. The number of carbonyl (C=O) groups is 1. The number of carbonyl (C=O) groups excluding carboxylic acids is 1. The number of aliphatic imine (C=N–C) groups is 1. The first-order valence-electron chi connectivity index (χ1n) is 11.7. The first-order chi connectivity index (χ1) is 15.7. The SMILES string of the molecule is CCOc1ccc(N=C2NC(=O)/C(=C/c3cc4c(cc3C)N(CC)C(C)(C)CC4C)S2)cc1. The highest BCUT2D eigenvalue weighted by Crippen LogP contribution is 2.44. The zero-order valence-corrected chi connectivity index (χ0v) is 21.2. The molecule has 1 atom stereocenters. The van der Waals surface area contributed by atoms with E-state index in [4.69, 9.17) is 4.74 Å². The summed E-state index contributed by atoms with van der Waals surface area (Å²) in [4.78, 5) is 20.4. The Bertz CT molecular complexity index is 1120. The molecule has 1 amide bonds. The Kier molecular flexibility index (Phi) is 6.57. The number of hydrogen-bond acceptors (Lipinski definition) is 5. The molecule has 2 aromatic carbocycles. The molecular formula is C27H33N3O2S. The molecule has 4 rings (SSSR count). The fraction of sp³-hybridized carbons (Fsp3) is 0.407. The summed E-state index contributed by atoms with van der Waals surface area (Å²) in [5, 5.41) is 3.49. The van der Waals surface area contributed by atoms with Gasteiger partial charge in [-0.25, -0.2) is 4.99 Å². The van der Waals surface area contributed by atoms with Crippen molar-refractivity contribution in [3.05, 3.63) is 58.0 Å². The van der Waals surface area contributed by atoms with Gasteiger partial charge in [-0.15, -0.1) is 0 Å². The lowest BCUT2D eigenvalue weighted by atomic mass is 9.79. The summed E-state index contributed by atoms with van der Waals surface area (Å²) in [6.45, 7) is 14.9. The molecule has 2 heterocycles. The number of aryl methyl sites for hydroxylation is 1. The zero-order chi connectivity index (χ0) is 23.8. The van der Waals surface area contributed by atoms with Crippen LogP contribution in [0, 0.1) is 6.92 Å². The van der Waals surface area contributed by atoms with Gasteiger partial charge in [0.1, 0.15) is 5.75 Å². The summed E-state index contributed by atoms with van der Waals surface area (Å²) in [6.07, 6.45) is 3.11. The van der Waals surface area contributed by atoms with Crippen LogP contribution in [0.3, 0.4) is 0 Å². The van der Waals surface area contributed by atoms with Crippen molar-refractivity contribution in [3.63, 3.8) is 0 Å². The largest absolute Gasteiger partial charge is 0.494 e. The van der Waals surface area contributed by atoms with Gasteiger partial charge in [0, 0.05) is 17.8 Å². The van der Waals surface area contributed by atoms with Crippen molar-refractivity contribution in [2.75, 3.05) is 18.1 Å². The standard InChI is InChI=1S/C27H33N3O2S/c1-7-30-23-13-17(3)19(14-22(23)18(4)16-27(30,5)6)15-24-25(31)29-26(33-24)28-20-9-11-21(12-10-20)32-8-2/h9-15,18H,7-8,16H2,1-6H3,(H,28,29,31)/b24-15-. The highest BCUT2D eigenvalue weighted by molar-refractivity contribution is 8.18. The number of anilines is 1. The maximum Gasteiger partial charge on any atom is 0.264 e. The summed E-state index contributed by atoms with van der Waals surface area (Å²) in [5.41, 5.74) is 5.87. The third kappa shape index (κ3) is 4.81. The molecule has 2 aliphatic heterocycles. The molecule has 0 aliphatic carbocycles. The zero-order valence-electron chi connectivity index (χ0n) is 20.4. The predicted molar refractivity (Wildman–Crippen MR) is 140 cm³/mol. The predicted octanol–water partition coefficient (Wildman–Crippen LogP) is 6.40. The molecule has 0 spiro atoms. The highest BCUT2D eigenvalue weighted by Gasteiger charge is 2.36. The first kappa shape index (κ1) is 23.4. The van der Waals surface area contributed by atoms with Crippen LogP contribution in [0.2, 0.25) is 0 Å². The normalized spacial score (nSPS) is 21.9. The van der Waals surface area contributed by atoms with Crippen molar-refractivity contribution in [3.8, 4) is 5.75 Å². The molecule has 1 unspecified atom stereocenters. The van der Waals surface area contributed by atoms with E-state index < -0.39 is 0 Å². The number of nitrogens with one attached hydrogen (secondary N) is 1. The Hall–Kier alpha value is -2.73. The molecule has 0 bridgehead atoms. The van der Waals surface area contributed by atoms with Crippen molar-refractivity contribution < 1.29 is 9.53 Å². The molecule has 33 heavy (non-hydrogen) atoms. The van der Waals surface area contributed by atoms with Gasteiger partial charge in [-0.3, -0.25) is 4.79 Å². The minimum Gasteiger partial charge on any atom is -0.494 e. The van der Waals surface area contributed by atoms with Crippen LogP contribution in [-0.2, 0) is 4.79 Å². The van der Waals surface area contributed by atoms with E-state index in [1.54, 1.807) is 0 Å². The van der Waals surface area contributed by atoms with Gasteiger partial charge in [-0.1, -0.05) is 6.92 Å². The quantitative estimate of drug-likeness (QED) is 0.522. The molecule has 174 valence electrons. The maximum atomic E-state index is 12.7. The third-order valence-electron chi connectivity index (χ3n) is 6.41. The molecule has 1 N–H and O–H groups in total. The molecule has 2 aromatic rings. The number of fused-ring (bicyclic) bond motifs is 1. The van der Waals surface area contributed by atoms with Gasteiger partial charge < -0.3 is 15.0 Å². The number of ether oxygens (including phenoxy) is 1. The fourth-order valence-corrected chi connectivity index (χ4v) is 5.76. The Balaban J connectivity index is 1.60. The molecule has 5 nitrogen and oxygen atoms in total. The monoisotopic (exact) mass is 463 g/mol. The van der Waals surface area contributed by atoms with Crippen LogP contribution in [0.5, 0.6) is 5.75 Å². The van der Waals surface area contributed by atoms with Gasteiger partial charge >= 0.3 is 0 Å². The number of nitrogens with zero attached hydrogens (tertiary/aromatic N) is 2. The summed E-state index contributed by atoms with van der Waals surface area (Å²) < 4.78 is 5.48. The topological polar surface area (TPSA) is 53.9 Å². The van der Waals surface area contributed by atoms with Gasteiger partial charge in [-0.05, 0) is 118 Å². The van der Waals surface area contributed by atoms with E-state index in [-0.39, 0.29) is 11.4 Å². The van der Waals surface area contributed by atoms with Crippen LogP contribution < -0.4 is 15.0 Å². The number of thioether (sulfide) groups is 1. The van der Waals surface area contributed by atoms with E-state index in [0.717, 1.165) is 30.0 Å². The Morgan fingerprint density at radius 2 is 1.97 bits per heavy atom. The average molecular weight is 464 g/mol. The smallest absolute Gasteiger partial charge is 0.264 e. The van der Waals surface area contributed by atoms with Crippen LogP contribution in [-0.4, -0.2) is 29.8 Å². The maximum absolute atomic E-state index is 12.7. The second-order valence-corrected chi connectivity index (χ2v) is 10.4. The fourth-order valence-electron chi connectivity index (χ4n) is 4.93. The van der Waals surface area contributed by atoms with Crippen molar-refractivity contribution in [1.82, 2.24) is 5.32 Å². The Morgan fingerprint density at radius 1 is 1.24 bits per heavy atom. The molecule has 0 radical (unpaired) electrons. The second-order valence-electron chi connectivity index (χ2n) is 9.34. The number of benzene rings is 2. The lowest BCUT2D eigenvalue weighted by Crippen LogP contribution is -2.48. The van der Waals surface area contributed by atoms with Gasteiger partial charge in [0.2, 0.25) is 0 Å². The Labute approximate surface area is 201 Å². The van der Waals surface area contributed by atoms with Gasteiger partial charge in [-0.2, -0.15) is 0 Å². The highest BCUT2D eigenvalue weighted by atomic mass is 32.2. The number of amides is 1. The molecule has 0 aromatic heterocycles. The van der Waals surface area contributed by atoms with Crippen molar-refractivity contribution in [2.45, 2.75) is 59.4 Å². The second kappa shape index (κ2) is 9.26. The molecule has 1 saturated heterocycles. The van der Waals surface area contributed by atoms with Gasteiger partial charge in [0.15, 0.2) is 5.17 Å². The summed E-state index contributed by atoms with van der Waals surface area (Å²) in [5.74, 6) is 1.18. The molecular weight excluding hydrogens is 430 g/mol. The number of rotatable bonds is 5. The average Bonchev–Trinajstić information content (AvgIpc) is 3.09. The summed E-state index contributed by atoms with van der Waals surface area (Å²) in [6, 6.07) is 12.1. The van der Waals surface area contributed by atoms with Crippen molar-refractivity contribution in [1.29, 1.82) is 0 Å². The van der Waals surface area contributed by atoms with Crippen LogP contribution in [0.1, 0.15) is 63.6 Å². The van der Waals surface area contributed by atoms with E-state index in [0.29, 0.717) is 22.6 Å². The van der Waals surface area contributed by atoms with Crippen molar-refractivity contribution >= 4 is 40.3 Å². The van der Waals surface area contributed by atoms with Crippen molar-refractivity contribution in [2.24, 2.45) is 4.99 Å². The van der Waals surface area contributed by atoms with Crippen LogP contribution in [0.25, 0.3) is 6.08 Å². The number of hydrogen-bond donors (Lipinski definition) is 1. The number of amidine groups is 1. The lowest BCUT2D eigenvalue weighted by Gasteiger charge is -2.47. The molecule has 2 aliphatic rings. The molecule has 1 fully saturated rings. The van der Waals surface area contributed by atoms with Crippen LogP contribution >= 0.6 is 11.8 Å². The minimum atomic E-state index is -0.105. The van der Waals surface area contributed by atoms with E-state index >= 15 is 0 Å². The van der Waals surface area contributed by atoms with E-state index in [2.05, 4.69) is 62.0 Å². The third-order valence-corrected chi connectivity index (χ3v) is 7.32. The van der Waals surface area contributed by atoms with Crippen LogP contribution in [0.15, 0.2) is 46.3 Å². The molecule has 0 saturated carbocycles. The molecule has 6 heteroatoms. The van der Waals surface area contributed by atoms with E-state index in [1.807, 2.05) is 37.3 Å². The first-order valence-corrected chi connectivity index (χ1v) is 12.5. The summed E-state index contributed by atoms with van der Waals surface area (Å²) >= 11 is 1.38. The lowest BCUT2D eigenvalue weighted by molar-refractivity contribution is -0.115. The van der Waals surface area contributed by atoms with Gasteiger partial charge in [0.25, 0.3) is 5.91 Å². The summed E-state index contributed by atoms with van der Waals surface area (Å²) in [7, 11) is 0. The van der Waals surface area contributed by atoms with E-state index in [9.17, 15) is 4.79 Å².